The topological polar surface area (TPSA) is 53.9 Å². The Labute approximate surface area is 121 Å². The molecule has 3 rings (SSSR count). The summed E-state index contributed by atoms with van der Waals surface area (Å²) in [6.07, 6.45) is 0.617. The molecule has 0 aliphatic carbocycles. The third kappa shape index (κ3) is 2.67. The van der Waals surface area contributed by atoms with Crippen molar-refractivity contribution in [2.45, 2.75) is 12.5 Å². The number of hydrogen-bond acceptors (Lipinski definition) is 4. The maximum Gasteiger partial charge on any atom is 0.123 e. The number of benzene rings is 2. The average molecular weight is 286 g/mol. The van der Waals surface area contributed by atoms with Crippen LogP contribution in [0.1, 0.15) is 23.6 Å². The first-order valence-corrected chi connectivity index (χ1v) is 6.62. The van der Waals surface area contributed by atoms with Gasteiger partial charge in [-0.2, -0.15) is 5.10 Å². The number of hydrazone groups is 1. The second-order valence-corrected chi connectivity index (χ2v) is 4.88. The fourth-order valence-electron chi connectivity index (χ4n) is 2.38. The Kier molecular flexibility index (Phi) is 3.48. The lowest BCUT2D eigenvalue weighted by Gasteiger charge is -2.13. The standard InChI is InChI=1S/C16H15FN2O2/c1-21-12-6-7-16(20)13(8-12)15-9-14(18-19-15)10-2-4-11(17)5-3-10/h2-8,15,19-20H,9H2,1H3. The lowest BCUT2D eigenvalue weighted by molar-refractivity contribution is 0.408. The minimum atomic E-state index is -0.271. The van der Waals surface area contributed by atoms with Crippen molar-refractivity contribution in [3.63, 3.8) is 0 Å². The van der Waals surface area contributed by atoms with Gasteiger partial charge in [0.05, 0.1) is 18.9 Å². The fraction of sp³-hybridized carbons (Fsp3) is 0.188. The highest BCUT2D eigenvalue weighted by Crippen LogP contribution is 2.33. The van der Waals surface area contributed by atoms with Gasteiger partial charge in [-0.05, 0) is 35.9 Å². The van der Waals surface area contributed by atoms with E-state index in [1.165, 1.54) is 12.1 Å². The highest BCUT2D eigenvalue weighted by atomic mass is 19.1. The summed E-state index contributed by atoms with van der Waals surface area (Å²) in [5, 5.41) is 14.3. The lowest BCUT2D eigenvalue weighted by Crippen LogP contribution is -2.10. The number of aromatic hydroxyl groups is 1. The van der Waals surface area contributed by atoms with Gasteiger partial charge in [0.15, 0.2) is 0 Å². The van der Waals surface area contributed by atoms with Crippen molar-refractivity contribution in [1.29, 1.82) is 0 Å². The molecule has 0 saturated heterocycles. The van der Waals surface area contributed by atoms with E-state index in [4.69, 9.17) is 4.74 Å². The number of nitrogens with one attached hydrogen (secondary N) is 1. The van der Waals surface area contributed by atoms with E-state index in [0.29, 0.717) is 12.2 Å². The van der Waals surface area contributed by atoms with E-state index in [1.54, 1.807) is 37.4 Å². The molecule has 2 aromatic rings. The second kappa shape index (κ2) is 5.44. The SMILES string of the molecule is COc1ccc(O)c(C2CC(c3ccc(F)cc3)=NN2)c1. The van der Waals surface area contributed by atoms with Gasteiger partial charge in [-0.1, -0.05) is 12.1 Å². The molecule has 0 spiro atoms. The molecule has 2 N–H and O–H groups in total. The number of nitrogens with zero attached hydrogens (tertiary/aromatic N) is 1. The van der Waals surface area contributed by atoms with Crippen LogP contribution in [0, 0.1) is 5.82 Å². The number of halogens is 1. The molecular formula is C16H15FN2O2. The summed E-state index contributed by atoms with van der Waals surface area (Å²) in [6, 6.07) is 11.2. The average Bonchev–Trinajstić information content (AvgIpc) is 2.98. The number of rotatable bonds is 3. The van der Waals surface area contributed by atoms with Crippen LogP contribution >= 0.6 is 0 Å². The van der Waals surface area contributed by atoms with Gasteiger partial charge in [-0.3, -0.25) is 0 Å². The highest BCUT2D eigenvalue weighted by Gasteiger charge is 2.24. The normalized spacial score (nSPS) is 17.2. The quantitative estimate of drug-likeness (QED) is 0.912. The van der Waals surface area contributed by atoms with Gasteiger partial charge in [-0.15, -0.1) is 0 Å². The van der Waals surface area contributed by atoms with Crippen molar-refractivity contribution in [1.82, 2.24) is 5.43 Å². The largest absolute Gasteiger partial charge is 0.508 e. The van der Waals surface area contributed by atoms with Gasteiger partial charge in [0.2, 0.25) is 0 Å². The zero-order valence-corrected chi connectivity index (χ0v) is 11.5. The Morgan fingerprint density at radius 3 is 2.71 bits per heavy atom. The summed E-state index contributed by atoms with van der Waals surface area (Å²) in [5.74, 6) is 0.607. The van der Waals surface area contributed by atoms with Crippen LogP contribution in [0.15, 0.2) is 47.6 Å². The van der Waals surface area contributed by atoms with Gasteiger partial charge in [0, 0.05) is 12.0 Å². The van der Waals surface area contributed by atoms with Crippen LogP contribution in [0.4, 0.5) is 4.39 Å². The van der Waals surface area contributed by atoms with E-state index < -0.39 is 0 Å². The van der Waals surface area contributed by atoms with Gasteiger partial charge >= 0.3 is 0 Å². The second-order valence-electron chi connectivity index (χ2n) is 4.88. The maximum absolute atomic E-state index is 12.9. The first kappa shape index (κ1) is 13.4. The molecule has 4 nitrogen and oxygen atoms in total. The fourth-order valence-corrected chi connectivity index (χ4v) is 2.38. The van der Waals surface area contributed by atoms with Gasteiger partial charge in [0.1, 0.15) is 17.3 Å². The summed E-state index contributed by atoms with van der Waals surface area (Å²) in [6.45, 7) is 0. The summed E-state index contributed by atoms with van der Waals surface area (Å²) < 4.78 is 18.1. The molecule has 1 unspecified atom stereocenters. The van der Waals surface area contributed by atoms with Crippen LogP contribution in [-0.2, 0) is 0 Å². The molecule has 1 heterocycles. The van der Waals surface area contributed by atoms with Gasteiger partial charge < -0.3 is 15.3 Å². The Bertz CT molecular complexity index is 683. The molecule has 1 aliphatic rings. The summed E-state index contributed by atoms with van der Waals surface area (Å²) in [5.41, 5.74) is 5.44. The van der Waals surface area contributed by atoms with E-state index in [9.17, 15) is 9.50 Å². The predicted octanol–water partition coefficient (Wildman–Crippen LogP) is 2.98. The Balaban J connectivity index is 1.81. The minimum Gasteiger partial charge on any atom is -0.508 e. The van der Waals surface area contributed by atoms with E-state index in [1.807, 2.05) is 0 Å². The third-order valence-electron chi connectivity index (χ3n) is 3.54. The number of phenolic OH excluding ortho intramolecular Hbond substituents is 1. The number of ether oxygens (including phenoxy) is 1. The molecule has 0 fully saturated rings. The van der Waals surface area contributed by atoms with E-state index >= 15 is 0 Å². The van der Waals surface area contributed by atoms with Crippen LogP contribution in [0.5, 0.6) is 11.5 Å². The van der Waals surface area contributed by atoms with E-state index in [0.717, 1.165) is 16.8 Å². The molecule has 108 valence electrons. The van der Waals surface area contributed by atoms with Crippen molar-refractivity contribution >= 4 is 5.71 Å². The lowest BCUT2D eigenvalue weighted by atomic mass is 9.98. The summed E-state index contributed by atoms with van der Waals surface area (Å²) >= 11 is 0. The van der Waals surface area contributed by atoms with Crippen LogP contribution in [-0.4, -0.2) is 17.9 Å². The van der Waals surface area contributed by atoms with Gasteiger partial charge in [-0.25, -0.2) is 4.39 Å². The number of phenols is 1. The Hall–Kier alpha value is -2.56. The molecule has 21 heavy (non-hydrogen) atoms. The van der Waals surface area contributed by atoms with Crippen molar-refractivity contribution in [3.8, 4) is 11.5 Å². The highest BCUT2D eigenvalue weighted by molar-refractivity contribution is 6.01. The van der Waals surface area contributed by atoms with Crippen LogP contribution in [0.25, 0.3) is 0 Å². The molecule has 1 atom stereocenters. The molecule has 0 radical (unpaired) electrons. The monoisotopic (exact) mass is 286 g/mol. The van der Waals surface area contributed by atoms with E-state index in [2.05, 4.69) is 10.5 Å². The number of methoxy groups -OCH3 is 1. The Morgan fingerprint density at radius 2 is 2.00 bits per heavy atom. The van der Waals surface area contributed by atoms with Crippen molar-refractivity contribution in [3.05, 3.63) is 59.4 Å². The smallest absolute Gasteiger partial charge is 0.123 e. The molecule has 5 heteroatoms. The molecule has 0 amide bonds. The van der Waals surface area contributed by atoms with Crippen molar-refractivity contribution < 1.29 is 14.2 Å². The van der Waals surface area contributed by atoms with Crippen LogP contribution in [0.3, 0.4) is 0 Å². The third-order valence-corrected chi connectivity index (χ3v) is 3.54. The van der Waals surface area contributed by atoms with Crippen LogP contribution in [0.2, 0.25) is 0 Å². The van der Waals surface area contributed by atoms with Crippen molar-refractivity contribution in [2.75, 3.05) is 7.11 Å². The molecule has 0 bridgehead atoms. The molecule has 0 aromatic heterocycles. The summed E-state index contributed by atoms with van der Waals surface area (Å²) in [7, 11) is 1.58. The van der Waals surface area contributed by atoms with Crippen LogP contribution < -0.4 is 10.2 Å². The zero-order chi connectivity index (χ0) is 14.8. The number of hydrogen-bond donors (Lipinski definition) is 2. The first-order valence-electron chi connectivity index (χ1n) is 6.62. The maximum atomic E-state index is 12.9. The first-order chi connectivity index (χ1) is 10.2. The zero-order valence-electron chi connectivity index (χ0n) is 11.5. The molecule has 2 aromatic carbocycles. The molecule has 0 saturated carbocycles. The molecule has 1 aliphatic heterocycles. The van der Waals surface area contributed by atoms with Crippen molar-refractivity contribution in [2.24, 2.45) is 5.10 Å². The summed E-state index contributed by atoms with van der Waals surface area (Å²) in [4.78, 5) is 0. The molecular weight excluding hydrogens is 271 g/mol. The minimum absolute atomic E-state index is 0.125. The van der Waals surface area contributed by atoms with E-state index in [-0.39, 0.29) is 17.6 Å². The Morgan fingerprint density at radius 1 is 1.24 bits per heavy atom. The van der Waals surface area contributed by atoms with Gasteiger partial charge in [0.25, 0.3) is 0 Å². The predicted molar refractivity (Wildman–Crippen MR) is 78.1 cm³/mol.